The third-order valence-corrected chi connectivity index (χ3v) is 4.40. The lowest BCUT2D eigenvalue weighted by atomic mass is 10.1. The van der Waals surface area contributed by atoms with E-state index in [1.54, 1.807) is 37.3 Å². The Balaban J connectivity index is 1.68. The molecule has 0 aliphatic rings. The smallest absolute Gasteiger partial charge is 0.253 e. The summed E-state index contributed by atoms with van der Waals surface area (Å²) < 4.78 is 1.83. The fourth-order valence-electron chi connectivity index (χ4n) is 2.86. The molecule has 0 unspecified atom stereocenters. The average Bonchev–Trinajstić information content (AvgIpc) is 3.13. The number of benzene rings is 2. The van der Waals surface area contributed by atoms with E-state index in [1.165, 1.54) is 0 Å². The molecule has 138 valence electrons. The zero-order valence-corrected chi connectivity index (χ0v) is 15.6. The molecule has 2 amide bonds. The molecule has 0 spiro atoms. The lowest BCUT2D eigenvalue weighted by Crippen LogP contribution is -2.26. The maximum Gasteiger partial charge on any atom is 0.253 e. The van der Waals surface area contributed by atoms with Crippen LogP contribution in [0, 0.1) is 6.92 Å². The predicted octanol–water partition coefficient (Wildman–Crippen LogP) is 2.81. The fourth-order valence-corrected chi connectivity index (χ4v) is 2.86. The van der Waals surface area contributed by atoms with Crippen LogP contribution in [-0.4, -0.2) is 40.6 Å². The van der Waals surface area contributed by atoms with Gasteiger partial charge in [0.1, 0.15) is 0 Å². The van der Waals surface area contributed by atoms with Gasteiger partial charge in [-0.3, -0.25) is 9.59 Å². The summed E-state index contributed by atoms with van der Waals surface area (Å²) in [5.74, 6) is -0.187. The lowest BCUT2D eigenvalue weighted by Gasteiger charge is -2.18. The Labute approximate surface area is 158 Å². The van der Waals surface area contributed by atoms with E-state index in [0.29, 0.717) is 17.7 Å². The summed E-state index contributed by atoms with van der Waals surface area (Å²) in [4.78, 5) is 25.9. The molecule has 0 atom stereocenters. The molecule has 1 N–H and O–H groups in total. The summed E-state index contributed by atoms with van der Waals surface area (Å²) in [7, 11) is 3.36. The topological polar surface area (TPSA) is 67.2 Å². The van der Waals surface area contributed by atoms with Gasteiger partial charge in [0, 0.05) is 43.7 Å². The molecule has 2 aromatic carbocycles. The second-order valence-corrected chi connectivity index (χ2v) is 6.37. The van der Waals surface area contributed by atoms with E-state index in [4.69, 9.17) is 0 Å². The molecule has 3 aromatic rings. The maximum atomic E-state index is 12.7. The van der Waals surface area contributed by atoms with Gasteiger partial charge in [-0.05, 0) is 55.0 Å². The van der Waals surface area contributed by atoms with Crippen LogP contribution in [-0.2, 0) is 6.54 Å². The third kappa shape index (κ3) is 4.06. The van der Waals surface area contributed by atoms with Crippen LogP contribution in [0.3, 0.4) is 0 Å². The molecule has 0 bridgehead atoms. The molecule has 1 heterocycles. The van der Waals surface area contributed by atoms with Gasteiger partial charge in [0.2, 0.25) is 0 Å². The highest BCUT2D eigenvalue weighted by Gasteiger charge is 2.13. The number of nitrogens with zero attached hydrogens (tertiary/aromatic N) is 3. The number of carbonyl (C=O) groups excluding carboxylic acids is 2. The first-order valence-corrected chi connectivity index (χ1v) is 8.67. The van der Waals surface area contributed by atoms with Crippen LogP contribution in [0.15, 0.2) is 60.8 Å². The molecule has 1 aromatic heterocycles. The Kier molecular flexibility index (Phi) is 5.35. The molecule has 6 nitrogen and oxygen atoms in total. The molecule has 0 saturated heterocycles. The number of rotatable bonds is 5. The van der Waals surface area contributed by atoms with Crippen LogP contribution < -0.4 is 5.32 Å². The summed E-state index contributed by atoms with van der Waals surface area (Å²) in [6.07, 6.45) is 1.75. The van der Waals surface area contributed by atoms with E-state index in [-0.39, 0.29) is 11.8 Å². The zero-order valence-electron chi connectivity index (χ0n) is 15.6. The second-order valence-electron chi connectivity index (χ2n) is 6.37. The molecule has 6 heteroatoms. The van der Waals surface area contributed by atoms with Crippen LogP contribution in [0.1, 0.15) is 32.0 Å². The van der Waals surface area contributed by atoms with Crippen molar-refractivity contribution in [3.63, 3.8) is 0 Å². The van der Waals surface area contributed by atoms with Gasteiger partial charge in [-0.1, -0.05) is 12.1 Å². The van der Waals surface area contributed by atoms with Gasteiger partial charge in [0.25, 0.3) is 11.8 Å². The van der Waals surface area contributed by atoms with Gasteiger partial charge < -0.3 is 10.2 Å². The Morgan fingerprint density at radius 2 is 1.63 bits per heavy atom. The first kappa shape index (κ1) is 18.4. The van der Waals surface area contributed by atoms with Crippen LogP contribution in [0.4, 0.5) is 0 Å². The first-order chi connectivity index (χ1) is 13.0. The van der Waals surface area contributed by atoms with Gasteiger partial charge >= 0.3 is 0 Å². The standard InChI is InChI=1S/C21H22N4O2/c1-15-12-13-23-25(15)19-10-8-18(9-11-19)21(27)24(3)14-16-4-6-17(7-5-16)20(26)22-2/h4-13H,14H2,1-3H3,(H,22,26). The van der Waals surface area contributed by atoms with Crippen molar-refractivity contribution in [3.8, 4) is 5.69 Å². The minimum Gasteiger partial charge on any atom is -0.355 e. The maximum absolute atomic E-state index is 12.7. The van der Waals surface area contributed by atoms with Crippen LogP contribution in [0.2, 0.25) is 0 Å². The number of carbonyl (C=O) groups is 2. The molecule has 3 rings (SSSR count). The van der Waals surface area contributed by atoms with E-state index in [2.05, 4.69) is 10.4 Å². The summed E-state index contributed by atoms with van der Waals surface area (Å²) in [5.41, 5.74) is 4.13. The predicted molar refractivity (Wildman–Crippen MR) is 104 cm³/mol. The van der Waals surface area contributed by atoms with Crippen LogP contribution in [0.5, 0.6) is 0 Å². The van der Waals surface area contributed by atoms with E-state index in [1.807, 2.05) is 54.1 Å². The molecule has 0 radical (unpaired) electrons. The van der Waals surface area contributed by atoms with Crippen molar-refractivity contribution in [1.82, 2.24) is 20.0 Å². The Hall–Kier alpha value is -3.41. The van der Waals surface area contributed by atoms with Gasteiger partial charge in [0.05, 0.1) is 5.69 Å². The number of aromatic nitrogens is 2. The first-order valence-electron chi connectivity index (χ1n) is 8.67. The largest absolute Gasteiger partial charge is 0.355 e. The minimum absolute atomic E-state index is 0.0610. The minimum atomic E-state index is -0.126. The highest BCUT2D eigenvalue weighted by atomic mass is 16.2. The van der Waals surface area contributed by atoms with E-state index in [9.17, 15) is 9.59 Å². The van der Waals surface area contributed by atoms with Crippen molar-refractivity contribution in [2.45, 2.75) is 13.5 Å². The highest BCUT2D eigenvalue weighted by Crippen LogP contribution is 2.14. The van der Waals surface area contributed by atoms with Crippen LogP contribution >= 0.6 is 0 Å². The van der Waals surface area contributed by atoms with Gasteiger partial charge in [-0.25, -0.2) is 4.68 Å². The van der Waals surface area contributed by atoms with Gasteiger partial charge in [-0.15, -0.1) is 0 Å². The van der Waals surface area contributed by atoms with Crippen molar-refractivity contribution < 1.29 is 9.59 Å². The summed E-state index contributed by atoms with van der Waals surface area (Å²) in [6.45, 7) is 2.45. The zero-order chi connectivity index (χ0) is 19.4. The third-order valence-electron chi connectivity index (χ3n) is 4.40. The summed E-state index contributed by atoms with van der Waals surface area (Å²) in [6, 6.07) is 16.6. The summed E-state index contributed by atoms with van der Waals surface area (Å²) >= 11 is 0. The van der Waals surface area contributed by atoms with Crippen molar-refractivity contribution >= 4 is 11.8 Å². The molecular formula is C21H22N4O2. The number of hydrogen-bond acceptors (Lipinski definition) is 3. The lowest BCUT2D eigenvalue weighted by molar-refractivity contribution is 0.0784. The Morgan fingerprint density at radius 3 is 2.19 bits per heavy atom. The van der Waals surface area contributed by atoms with Crippen LogP contribution in [0.25, 0.3) is 5.69 Å². The van der Waals surface area contributed by atoms with Crippen molar-refractivity contribution in [2.24, 2.45) is 0 Å². The van der Waals surface area contributed by atoms with E-state index in [0.717, 1.165) is 16.9 Å². The molecule has 27 heavy (non-hydrogen) atoms. The van der Waals surface area contributed by atoms with E-state index >= 15 is 0 Å². The monoisotopic (exact) mass is 362 g/mol. The fraction of sp³-hybridized carbons (Fsp3) is 0.190. The number of hydrogen-bond donors (Lipinski definition) is 1. The van der Waals surface area contributed by atoms with Crippen molar-refractivity contribution in [2.75, 3.05) is 14.1 Å². The Morgan fingerprint density at radius 1 is 1.00 bits per heavy atom. The average molecular weight is 362 g/mol. The summed E-state index contributed by atoms with van der Waals surface area (Å²) in [5, 5.41) is 6.86. The van der Waals surface area contributed by atoms with Gasteiger partial charge in [-0.2, -0.15) is 5.10 Å². The molecule has 0 aliphatic heterocycles. The second kappa shape index (κ2) is 7.86. The normalized spacial score (nSPS) is 10.5. The SMILES string of the molecule is CNC(=O)c1ccc(CN(C)C(=O)c2ccc(-n3nccc3C)cc2)cc1. The van der Waals surface area contributed by atoms with E-state index < -0.39 is 0 Å². The number of nitrogens with one attached hydrogen (secondary N) is 1. The number of amides is 2. The molecule has 0 saturated carbocycles. The molecule has 0 aliphatic carbocycles. The van der Waals surface area contributed by atoms with Crippen molar-refractivity contribution in [1.29, 1.82) is 0 Å². The molecule has 0 fully saturated rings. The number of aryl methyl sites for hydroxylation is 1. The highest BCUT2D eigenvalue weighted by molar-refractivity contribution is 5.94. The molecular weight excluding hydrogens is 340 g/mol. The Bertz CT molecular complexity index is 943. The van der Waals surface area contributed by atoms with Crippen molar-refractivity contribution in [3.05, 3.63) is 83.2 Å². The van der Waals surface area contributed by atoms with Gasteiger partial charge in [0.15, 0.2) is 0 Å². The quantitative estimate of drug-likeness (QED) is 0.759.